The standard InChI is InChI=1S/C19H24N4O4/c24-12-20-16-2-8-18(9-3-16,22-14-26)6-1-7-19(23-15-27)10-4-17(5-11-19)21-13-25/h16-17H,1-11H2. The predicted octanol–water partition coefficient (Wildman–Crippen LogP) is 2.86. The Morgan fingerprint density at radius 1 is 0.630 bits per heavy atom. The number of nitrogens with zero attached hydrogens (tertiary/aromatic N) is 4. The maximum atomic E-state index is 10.9. The van der Waals surface area contributed by atoms with Gasteiger partial charge in [0.2, 0.25) is 24.3 Å². The van der Waals surface area contributed by atoms with Gasteiger partial charge in [0, 0.05) is 0 Å². The van der Waals surface area contributed by atoms with Gasteiger partial charge >= 0.3 is 0 Å². The molecule has 0 aliphatic heterocycles. The third kappa shape index (κ3) is 5.75. The molecule has 0 spiro atoms. The van der Waals surface area contributed by atoms with Crippen molar-refractivity contribution in [3.8, 4) is 0 Å². The highest BCUT2D eigenvalue weighted by Crippen LogP contribution is 2.41. The molecule has 27 heavy (non-hydrogen) atoms. The third-order valence-corrected chi connectivity index (χ3v) is 6.09. The zero-order chi connectivity index (χ0) is 19.6. The topological polar surface area (TPSA) is 118 Å². The Labute approximate surface area is 158 Å². The van der Waals surface area contributed by atoms with Gasteiger partial charge in [-0.05, 0) is 70.6 Å². The number of aliphatic imine (C=N–C) groups is 4. The van der Waals surface area contributed by atoms with Gasteiger partial charge in [-0.2, -0.15) is 9.98 Å². The van der Waals surface area contributed by atoms with E-state index in [4.69, 9.17) is 0 Å². The average Bonchev–Trinajstić information content (AvgIpc) is 2.67. The summed E-state index contributed by atoms with van der Waals surface area (Å²) in [5.74, 6) is 0. The minimum absolute atomic E-state index is 0.0443. The Bertz CT molecular complexity index is 635. The van der Waals surface area contributed by atoms with Crippen LogP contribution >= 0.6 is 0 Å². The number of hydrogen-bond acceptors (Lipinski definition) is 8. The van der Waals surface area contributed by atoms with Crippen LogP contribution in [-0.4, -0.2) is 47.5 Å². The first kappa shape index (κ1) is 20.8. The molecule has 0 amide bonds. The van der Waals surface area contributed by atoms with E-state index >= 15 is 0 Å². The Morgan fingerprint density at radius 3 is 1.30 bits per heavy atom. The quantitative estimate of drug-likeness (QED) is 0.481. The van der Waals surface area contributed by atoms with Crippen LogP contribution in [0.15, 0.2) is 20.0 Å². The lowest BCUT2D eigenvalue weighted by molar-refractivity contribution is 0.220. The summed E-state index contributed by atoms with van der Waals surface area (Å²) in [5.41, 5.74) is -0.941. The lowest BCUT2D eigenvalue weighted by atomic mass is 9.73. The lowest BCUT2D eigenvalue weighted by Crippen LogP contribution is -2.36. The molecule has 0 atom stereocenters. The molecule has 2 fully saturated rings. The molecule has 0 unspecified atom stereocenters. The molecule has 0 bridgehead atoms. The SMILES string of the molecule is O=C=NC1CCC(CCCC2(N=C=O)CCC(N=C=O)CC2)(N=C=O)CC1. The maximum absolute atomic E-state index is 10.9. The van der Waals surface area contributed by atoms with E-state index in [0.717, 1.165) is 6.42 Å². The summed E-state index contributed by atoms with van der Waals surface area (Å²) in [5, 5.41) is 0. The maximum Gasteiger partial charge on any atom is 0.235 e. The van der Waals surface area contributed by atoms with Crippen LogP contribution in [0.2, 0.25) is 0 Å². The molecule has 0 radical (unpaired) electrons. The van der Waals surface area contributed by atoms with E-state index < -0.39 is 11.1 Å². The third-order valence-electron chi connectivity index (χ3n) is 6.09. The van der Waals surface area contributed by atoms with Crippen molar-refractivity contribution in [3.05, 3.63) is 0 Å². The average molecular weight is 372 g/mol. The Morgan fingerprint density at radius 2 is 1.00 bits per heavy atom. The summed E-state index contributed by atoms with van der Waals surface area (Å²) in [4.78, 5) is 58.4. The summed E-state index contributed by atoms with van der Waals surface area (Å²) in [6.45, 7) is 0. The minimum Gasteiger partial charge on any atom is -0.211 e. The minimum atomic E-state index is -0.470. The van der Waals surface area contributed by atoms with E-state index in [2.05, 4.69) is 20.0 Å². The molecule has 8 heteroatoms. The van der Waals surface area contributed by atoms with E-state index in [9.17, 15) is 19.2 Å². The Balaban J connectivity index is 1.96. The highest BCUT2D eigenvalue weighted by atomic mass is 16.1. The van der Waals surface area contributed by atoms with Crippen LogP contribution in [0.3, 0.4) is 0 Å². The molecular weight excluding hydrogens is 348 g/mol. The number of isocyanates is 4. The fourth-order valence-electron chi connectivity index (χ4n) is 4.46. The highest BCUT2D eigenvalue weighted by Gasteiger charge is 2.38. The Kier molecular flexibility index (Phi) is 7.72. The number of hydrogen-bond donors (Lipinski definition) is 0. The van der Waals surface area contributed by atoms with E-state index in [1.54, 1.807) is 24.3 Å². The Hall–Kier alpha value is -2.48. The summed E-state index contributed by atoms with van der Waals surface area (Å²) < 4.78 is 0. The van der Waals surface area contributed by atoms with Crippen LogP contribution in [0.4, 0.5) is 0 Å². The van der Waals surface area contributed by atoms with Crippen LogP contribution in [0.1, 0.15) is 70.6 Å². The molecule has 0 aromatic heterocycles. The van der Waals surface area contributed by atoms with E-state index in [-0.39, 0.29) is 12.1 Å². The van der Waals surface area contributed by atoms with Crippen molar-refractivity contribution < 1.29 is 19.2 Å². The fourth-order valence-corrected chi connectivity index (χ4v) is 4.46. The number of rotatable bonds is 8. The first-order chi connectivity index (χ1) is 13.1. The van der Waals surface area contributed by atoms with Crippen molar-refractivity contribution in [2.45, 2.75) is 93.8 Å². The van der Waals surface area contributed by atoms with Crippen molar-refractivity contribution >= 4 is 24.3 Å². The molecule has 8 nitrogen and oxygen atoms in total. The van der Waals surface area contributed by atoms with E-state index in [1.165, 1.54) is 0 Å². The van der Waals surface area contributed by atoms with Gasteiger partial charge < -0.3 is 0 Å². The molecular formula is C19H24N4O4. The zero-order valence-electron chi connectivity index (χ0n) is 15.4. The molecule has 2 rings (SSSR count). The fraction of sp³-hybridized carbons (Fsp3) is 0.789. The van der Waals surface area contributed by atoms with Crippen LogP contribution in [0.5, 0.6) is 0 Å². The van der Waals surface area contributed by atoms with Crippen LogP contribution in [0.25, 0.3) is 0 Å². The largest absolute Gasteiger partial charge is 0.235 e. The highest BCUT2D eigenvalue weighted by molar-refractivity contribution is 5.36. The molecule has 0 heterocycles. The molecule has 0 N–H and O–H groups in total. The summed E-state index contributed by atoms with van der Waals surface area (Å²) in [6, 6.07) is -0.0886. The van der Waals surface area contributed by atoms with Crippen molar-refractivity contribution in [2.24, 2.45) is 20.0 Å². The normalized spacial score (nSPS) is 32.7. The van der Waals surface area contributed by atoms with E-state index in [1.807, 2.05) is 0 Å². The van der Waals surface area contributed by atoms with Gasteiger partial charge in [0.25, 0.3) is 0 Å². The van der Waals surface area contributed by atoms with Gasteiger partial charge in [-0.25, -0.2) is 29.2 Å². The smallest absolute Gasteiger partial charge is 0.211 e. The van der Waals surface area contributed by atoms with Crippen LogP contribution < -0.4 is 0 Å². The van der Waals surface area contributed by atoms with Gasteiger partial charge in [0.05, 0.1) is 23.2 Å². The molecule has 0 aromatic rings. The summed E-state index contributed by atoms with van der Waals surface area (Å²) in [7, 11) is 0. The van der Waals surface area contributed by atoms with Crippen molar-refractivity contribution in [1.29, 1.82) is 0 Å². The zero-order valence-corrected chi connectivity index (χ0v) is 15.4. The summed E-state index contributed by atoms with van der Waals surface area (Å²) in [6.07, 6.45) is 14.3. The van der Waals surface area contributed by atoms with Gasteiger partial charge in [-0.15, -0.1) is 0 Å². The molecule has 2 aliphatic rings. The van der Waals surface area contributed by atoms with Crippen molar-refractivity contribution in [3.63, 3.8) is 0 Å². The van der Waals surface area contributed by atoms with Crippen LogP contribution in [-0.2, 0) is 19.2 Å². The van der Waals surface area contributed by atoms with Crippen LogP contribution in [0, 0.1) is 0 Å². The predicted molar refractivity (Wildman–Crippen MR) is 96.3 cm³/mol. The van der Waals surface area contributed by atoms with Gasteiger partial charge in [-0.3, -0.25) is 0 Å². The lowest BCUT2D eigenvalue weighted by Gasteiger charge is -2.37. The van der Waals surface area contributed by atoms with E-state index in [0.29, 0.717) is 64.2 Å². The molecule has 0 aromatic carbocycles. The summed E-state index contributed by atoms with van der Waals surface area (Å²) >= 11 is 0. The van der Waals surface area contributed by atoms with Crippen molar-refractivity contribution in [1.82, 2.24) is 0 Å². The van der Waals surface area contributed by atoms with Gasteiger partial charge in [-0.1, -0.05) is 0 Å². The second kappa shape index (κ2) is 10.0. The van der Waals surface area contributed by atoms with Crippen molar-refractivity contribution in [2.75, 3.05) is 0 Å². The van der Waals surface area contributed by atoms with Gasteiger partial charge in [0.1, 0.15) is 0 Å². The molecule has 144 valence electrons. The number of carbonyl (C=O) groups excluding carboxylic acids is 4. The first-order valence-electron chi connectivity index (χ1n) is 9.43. The van der Waals surface area contributed by atoms with Gasteiger partial charge in [0.15, 0.2) is 0 Å². The second-order valence-corrected chi connectivity index (χ2v) is 7.61. The molecule has 2 aliphatic carbocycles. The second-order valence-electron chi connectivity index (χ2n) is 7.61. The monoisotopic (exact) mass is 372 g/mol. The first-order valence-corrected chi connectivity index (χ1v) is 9.43. The molecule has 2 saturated carbocycles. The molecule has 0 saturated heterocycles.